The molecule has 0 spiro atoms. The minimum atomic E-state index is -0.232. The fraction of sp³-hybridized carbons (Fsp3) is 0.0690. The lowest BCUT2D eigenvalue weighted by Gasteiger charge is -2.11. The average Bonchev–Trinajstić information content (AvgIpc) is 3.20. The van der Waals surface area contributed by atoms with Gasteiger partial charge in [0.2, 0.25) is 5.69 Å². The van der Waals surface area contributed by atoms with Crippen LogP contribution in [-0.4, -0.2) is 0 Å². The van der Waals surface area contributed by atoms with Gasteiger partial charge in [-0.3, -0.25) is 0 Å². The van der Waals surface area contributed by atoms with Crippen LogP contribution in [0.15, 0.2) is 95.5 Å². The first-order valence-electron chi connectivity index (χ1n) is 10.7. The topological polar surface area (TPSA) is 17.0 Å². The number of aromatic nitrogens is 1. The van der Waals surface area contributed by atoms with E-state index in [1.807, 2.05) is 31.3 Å². The lowest BCUT2D eigenvalue weighted by Crippen LogP contribution is -2.30. The fourth-order valence-corrected chi connectivity index (χ4v) is 4.77. The van der Waals surface area contributed by atoms with Gasteiger partial charge in [-0.1, -0.05) is 54.6 Å². The smallest absolute Gasteiger partial charge is 0.216 e. The van der Waals surface area contributed by atoms with E-state index >= 15 is 0 Å². The van der Waals surface area contributed by atoms with Gasteiger partial charge >= 0.3 is 0 Å². The van der Waals surface area contributed by atoms with Crippen LogP contribution in [0.4, 0.5) is 4.39 Å². The van der Waals surface area contributed by atoms with Crippen LogP contribution >= 0.6 is 0 Å². The minimum absolute atomic E-state index is 0.232. The van der Waals surface area contributed by atoms with Crippen LogP contribution < -0.4 is 4.57 Å². The Morgan fingerprint density at radius 3 is 2.22 bits per heavy atom. The number of para-hydroxylation sites is 1. The summed E-state index contributed by atoms with van der Waals surface area (Å²) >= 11 is 0. The number of halogens is 1. The van der Waals surface area contributed by atoms with Crippen LogP contribution in [0.1, 0.15) is 5.56 Å². The monoisotopic (exact) mass is 418 g/mol. The second kappa shape index (κ2) is 7.03. The van der Waals surface area contributed by atoms with Crippen LogP contribution in [0, 0.1) is 12.7 Å². The van der Waals surface area contributed by atoms with E-state index in [1.54, 1.807) is 0 Å². The van der Waals surface area contributed by atoms with Gasteiger partial charge in [-0.15, -0.1) is 0 Å². The van der Waals surface area contributed by atoms with Crippen molar-refractivity contribution in [1.82, 2.24) is 0 Å². The van der Waals surface area contributed by atoms with Gasteiger partial charge < -0.3 is 4.42 Å². The SMILES string of the molecule is Cc1c(-c2cc(-c3ccc(F)cc3)cc[n+]2C)c2oc3ccccc3c2c2ccccc12. The maximum atomic E-state index is 13.5. The Morgan fingerprint density at radius 1 is 0.750 bits per heavy atom. The molecule has 0 N–H and O–H groups in total. The lowest BCUT2D eigenvalue weighted by molar-refractivity contribution is -0.660. The molecule has 32 heavy (non-hydrogen) atoms. The Hall–Kier alpha value is -3.98. The van der Waals surface area contributed by atoms with Gasteiger partial charge in [0.25, 0.3) is 0 Å². The summed E-state index contributed by atoms with van der Waals surface area (Å²) in [6.45, 7) is 2.16. The zero-order chi connectivity index (χ0) is 21.8. The molecule has 0 amide bonds. The third-order valence-electron chi connectivity index (χ3n) is 6.38. The Kier molecular flexibility index (Phi) is 4.12. The van der Waals surface area contributed by atoms with E-state index in [0.717, 1.165) is 44.3 Å². The van der Waals surface area contributed by atoms with Crippen LogP contribution in [0.2, 0.25) is 0 Å². The molecule has 6 aromatic rings. The van der Waals surface area contributed by atoms with Gasteiger partial charge in [-0.2, -0.15) is 0 Å². The summed E-state index contributed by atoms with van der Waals surface area (Å²) < 4.78 is 22.1. The molecule has 2 heterocycles. The Labute approximate surface area is 185 Å². The molecule has 0 saturated carbocycles. The molecule has 154 valence electrons. The van der Waals surface area contributed by atoms with Gasteiger partial charge in [0, 0.05) is 22.9 Å². The van der Waals surface area contributed by atoms with Crippen LogP contribution in [0.5, 0.6) is 0 Å². The number of furan rings is 1. The third-order valence-corrected chi connectivity index (χ3v) is 6.38. The number of fused-ring (bicyclic) bond motifs is 5. The highest BCUT2D eigenvalue weighted by atomic mass is 19.1. The van der Waals surface area contributed by atoms with Crippen molar-refractivity contribution in [2.75, 3.05) is 0 Å². The first-order chi connectivity index (χ1) is 15.6. The van der Waals surface area contributed by atoms with Crippen LogP contribution in [-0.2, 0) is 7.05 Å². The number of pyridine rings is 1. The minimum Gasteiger partial charge on any atom is -0.455 e. The van der Waals surface area contributed by atoms with E-state index in [-0.39, 0.29) is 5.82 Å². The number of hydrogen-bond donors (Lipinski definition) is 0. The standard InChI is InChI=1S/C29H21FNO/c1-18-22-7-3-4-8-23(22)28-24-9-5-6-10-26(24)32-29(28)27(18)25-17-20(15-16-31(25)2)19-11-13-21(30)14-12-19/h3-17H,1-2H3/q+1. The fourth-order valence-electron chi connectivity index (χ4n) is 4.77. The average molecular weight is 418 g/mol. The number of rotatable bonds is 2. The highest BCUT2D eigenvalue weighted by Crippen LogP contribution is 2.43. The number of hydrogen-bond acceptors (Lipinski definition) is 1. The normalized spacial score (nSPS) is 11.6. The second-order valence-corrected chi connectivity index (χ2v) is 8.27. The zero-order valence-electron chi connectivity index (χ0n) is 17.9. The van der Waals surface area contributed by atoms with E-state index in [9.17, 15) is 4.39 Å². The van der Waals surface area contributed by atoms with E-state index in [4.69, 9.17) is 4.42 Å². The van der Waals surface area contributed by atoms with Crippen molar-refractivity contribution in [2.45, 2.75) is 6.92 Å². The quantitative estimate of drug-likeness (QED) is 0.269. The molecule has 4 aromatic carbocycles. The van der Waals surface area contributed by atoms with Crippen molar-refractivity contribution < 1.29 is 13.4 Å². The molecule has 2 nitrogen and oxygen atoms in total. The highest BCUT2D eigenvalue weighted by Gasteiger charge is 2.24. The maximum Gasteiger partial charge on any atom is 0.216 e. The van der Waals surface area contributed by atoms with Crippen molar-refractivity contribution in [2.24, 2.45) is 7.05 Å². The lowest BCUT2D eigenvalue weighted by atomic mass is 9.92. The van der Waals surface area contributed by atoms with Crippen molar-refractivity contribution in [3.8, 4) is 22.4 Å². The first-order valence-corrected chi connectivity index (χ1v) is 10.7. The zero-order valence-corrected chi connectivity index (χ0v) is 17.9. The molecular weight excluding hydrogens is 397 g/mol. The molecule has 0 radical (unpaired) electrons. The van der Waals surface area contributed by atoms with Crippen molar-refractivity contribution in [1.29, 1.82) is 0 Å². The Morgan fingerprint density at radius 2 is 1.44 bits per heavy atom. The summed E-state index contributed by atoms with van der Waals surface area (Å²) in [4.78, 5) is 0. The van der Waals surface area contributed by atoms with Gasteiger partial charge in [-0.05, 0) is 52.6 Å². The summed E-state index contributed by atoms with van der Waals surface area (Å²) in [5, 5.41) is 4.68. The van der Waals surface area contributed by atoms with Gasteiger partial charge in [0.1, 0.15) is 24.0 Å². The number of nitrogens with zero attached hydrogens (tertiary/aromatic N) is 1. The first kappa shape index (κ1) is 18.8. The summed E-state index contributed by atoms with van der Waals surface area (Å²) in [6.07, 6.45) is 2.05. The van der Waals surface area contributed by atoms with Crippen molar-refractivity contribution >= 4 is 32.7 Å². The van der Waals surface area contributed by atoms with E-state index in [0.29, 0.717) is 0 Å². The van der Waals surface area contributed by atoms with E-state index < -0.39 is 0 Å². The van der Waals surface area contributed by atoms with Crippen molar-refractivity contribution in [3.63, 3.8) is 0 Å². The summed E-state index contributed by atoms with van der Waals surface area (Å²) in [5.74, 6) is -0.232. The van der Waals surface area contributed by atoms with E-state index in [2.05, 4.69) is 66.2 Å². The molecular formula is C29H21FNO+. The van der Waals surface area contributed by atoms with Gasteiger partial charge in [-0.25, -0.2) is 8.96 Å². The molecule has 0 fully saturated rings. The third kappa shape index (κ3) is 2.75. The van der Waals surface area contributed by atoms with Gasteiger partial charge in [0.05, 0.1) is 5.56 Å². The van der Waals surface area contributed by atoms with Gasteiger partial charge in [0.15, 0.2) is 6.20 Å². The Bertz CT molecular complexity index is 1640. The largest absolute Gasteiger partial charge is 0.455 e. The molecule has 6 rings (SSSR count). The molecule has 0 aliphatic carbocycles. The predicted octanol–water partition coefficient (Wildman–Crippen LogP) is 7.35. The second-order valence-electron chi connectivity index (χ2n) is 8.27. The number of aryl methyl sites for hydroxylation is 2. The molecule has 0 saturated heterocycles. The summed E-state index contributed by atoms with van der Waals surface area (Å²) in [6, 6.07) is 27.6. The number of benzene rings is 4. The molecule has 3 heteroatoms. The molecule has 0 unspecified atom stereocenters. The highest BCUT2D eigenvalue weighted by molar-refractivity contribution is 6.23. The van der Waals surface area contributed by atoms with Crippen LogP contribution in [0.25, 0.3) is 55.1 Å². The molecule has 0 aliphatic rings. The predicted molar refractivity (Wildman–Crippen MR) is 128 cm³/mol. The summed E-state index contributed by atoms with van der Waals surface area (Å²) in [7, 11) is 2.05. The summed E-state index contributed by atoms with van der Waals surface area (Å²) in [5.41, 5.74) is 7.12. The molecule has 0 aliphatic heterocycles. The molecule has 0 bridgehead atoms. The molecule has 2 aromatic heterocycles. The maximum absolute atomic E-state index is 13.5. The molecule has 0 atom stereocenters. The van der Waals surface area contributed by atoms with E-state index in [1.165, 1.54) is 28.5 Å². The Balaban J connectivity index is 1.74. The van der Waals surface area contributed by atoms with Crippen molar-refractivity contribution in [3.05, 3.63) is 103 Å². The van der Waals surface area contributed by atoms with Crippen LogP contribution in [0.3, 0.4) is 0 Å².